The first kappa shape index (κ1) is 7.16. The van der Waals surface area contributed by atoms with Crippen molar-refractivity contribution in [2.75, 3.05) is 6.61 Å². The summed E-state index contributed by atoms with van der Waals surface area (Å²) < 4.78 is 5.26. The van der Waals surface area contributed by atoms with Crippen LogP contribution in [0.15, 0.2) is 24.5 Å². The average molecular weight is 162 g/mol. The van der Waals surface area contributed by atoms with E-state index in [1.807, 2.05) is 25.3 Å². The van der Waals surface area contributed by atoms with Crippen LogP contribution in [0.5, 0.6) is 5.88 Å². The molecule has 0 unspecified atom stereocenters. The fourth-order valence-electron chi connectivity index (χ4n) is 1.16. The third kappa shape index (κ3) is 1.13. The summed E-state index contributed by atoms with van der Waals surface area (Å²) in [4.78, 5) is 7.19. The van der Waals surface area contributed by atoms with Crippen molar-refractivity contribution in [2.45, 2.75) is 6.92 Å². The van der Waals surface area contributed by atoms with Crippen LogP contribution < -0.4 is 4.74 Å². The number of fused-ring (bicyclic) bond motifs is 1. The number of hydrogen-bond donors (Lipinski definition) is 1. The van der Waals surface area contributed by atoms with Crippen molar-refractivity contribution in [3.63, 3.8) is 0 Å². The second-order valence-electron chi connectivity index (χ2n) is 2.52. The highest BCUT2D eigenvalue weighted by atomic mass is 16.5. The van der Waals surface area contributed by atoms with Crippen LogP contribution in [0.25, 0.3) is 10.9 Å². The number of pyridine rings is 1. The first-order valence-corrected chi connectivity index (χ1v) is 3.96. The van der Waals surface area contributed by atoms with Crippen molar-refractivity contribution in [3.05, 3.63) is 24.5 Å². The van der Waals surface area contributed by atoms with E-state index in [-0.39, 0.29) is 0 Å². The highest BCUT2D eigenvalue weighted by Crippen LogP contribution is 2.15. The van der Waals surface area contributed by atoms with Gasteiger partial charge in [0.2, 0.25) is 5.88 Å². The zero-order chi connectivity index (χ0) is 8.39. The van der Waals surface area contributed by atoms with Crippen molar-refractivity contribution in [3.8, 4) is 5.88 Å². The lowest BCUT2D eigenvalue weighted by Gasteiger charge is -1.99. The number of ether oxygens (including phenoxy) is 1. The lowest BCUT2D eigenvalue weighted by molar-refractivity contribution is 0.327. The molecule has 62 valence electrons. The molecule has 0 saturated carbocycles. The monoisotopic (exact) mass is 162 g/mol. The second kappa shape index (κ2) is 2.85. The number of aromatic nitrogens is 2. The molecule has 0 spiro atoms. The standard InChI is InChI=1S/C9H10N2O/c1-2-12-9-5-7-3-4-10-8(7)6-11-9/h3-6,10H,2H2,1H3. The molecule has 0 amide bonds. The lowest BCUT2D eigenvalue weighted by atomic mass is 10.3. The van der Waals surface area contributed by atoms with Gasteiger partial charge < -0.3 is 9.72 Å². The molecular weight excluding hydrogens is 152 g/mol. The minimum atomic E-state index is 0.656. The van der Waals surface area contributed by atoms with Crippen molar-refractivity contribution in [2.24, 2.45) is 0 Å². The Morgan fingerprint density at radius 2 is 2.50 bits per heavy atom. The highest BCUT2D eigenvalue weighted by molar-refractivity contribution is 5.79. The van der Waals surface area contributed by atoms with Gasteiger partial charge in [0.15, 0.2) is 0 Å². The topological polar surface area (TPSA) is 37.9 Å². The average Bonchev–Trinajstić information content (AvgIpc) is 2.51. The van der Waals surface area contributed by atoms with E-state index in [1.54, 1.807) is 6.20 Å². The van der Waals surface area contributed by atoms with E-state index in [2.05, 4.69) is 9.97 Å². The molecular formula is C9H10N2O. The molecule has 0 aromatic carbocycles. The fourth-order valence-corrected chi connectivity index (χ4v) is 1.16. The molecule has 2 aromatic rings. The van der Waals surface area contributed by atoms with Gasteiger partial charge in [0.05, 0.1) is 18.3 Å². The van der Waals surface area contributed by atoms with Crippen molar-refractivity contribution < 1.29 is 4.74 Å². The smallest absolute Gasteiger partial charge is 0.213 e. The van der Waals surface area contributed by atoms with E-state index in [0.717, 1.165) is 10.9 Å². The minimum absolute atomic E-state index is 0.656. The third-order valence-electron chi connectivity index (χ3n) is 1.70. The van der Waals surface area contributed by atoms with E-state index in [0.29, 0.717) is 12.5 Å². The van der Waals surface area contributed by atoms with Crippen LogP contribution in [0.4, 0.5) is 0 Å². The van der Waals surface area contributed by atoms with Gasteiger partial charge in [0.1, 0.15) is 0 Å². The summed E-state index contributed by atoms with van der Waals surface area (Å²) in [7, 11) is 0. The largest absolute Gasteiger partial charge is 0.478 e. The van der Waals surface area contributed by atoms with Crippen LogP contribution in [-0.4, -0.2) is 16.6 Å². The predicted molar refractivity (Wildman–Crippen MR) is 47.3 cm³/mol. The summed E-state index contributed by atoms with van der Waals surface area (Å²) in [5, 5.41) is 1.13. The quantitative estimate of drug-likeness (QED) is 0.733. The fraction of sp³-hybridized carbons (Fsp3) is 0.222. The van der Waals surface area contributed by atoms with Crippen LogP contribution >= 0.6 is 0 Å². The van der Waals surface area contributed by atoms with E-state index in [9.17, 15) is 0 Å². The first-order chi connectivity index (χ1) is 5.90. The molecule has 0 radical (unpaired) electrons. The minimum Gasteiger partial charge on any atom is -0.478 e. The molecule has 3 heteroatoms. The number of nitrogens with one attached hydrogen (secondary N) is 1. The van der Waals surface area contributed by atoms with Gasteiger partial charge in [0, 0.05) is 17.6 Å². The van der Waals surface area contributed by atoms with E-state index in [4.69, 9.17) is 4.74 Å². The maximum Gasteiger partial charge on any atom is 0.213 e. The Morgan fingerprint density at radius 3 is 3.33 bits per heavy atom. The lowest BCUT2D eigenvalue weighted by Crippen LogP contribution is -1.93. The molecule has 12 heavy (non-hydrogen) atoms. The van der Waals surface area contributed by atoms with Crippen LogP contribution in [0.2, 0.25) is 0 Å². The number of aromatic amines is 1. The Balaban J connectivity index is 2.46. The Kier molecular flexibility index (Phi) is 1.70. The molecule has 0 aliphatic carbocycles. The molecule has 0 fully saturated rings. The maximum absolute atomic E-state index is 5.26. The molecule has 2 rings (SSSR count). The molecule has 3 nitrogen and oxygen atoms in total. The highest BCUT2D eigenvalue weighted by Gasteiger charge is 1.97. The normalized spacial score (nSPS) is 10.4. The van der Waals surface area contributed by atoms with E-state index < -0.39 is 0 Å². The summed E-state index contributed by atoms with van der Waals surface area (Å²) in [5.74, 6) is 0.685. The van der Waals surface area contributed by atoms with Gasteiger partial charge in [0.25, 0.3) is 0 Å². The van der Waals surface area contributed by atoms with Crippen molar-refractivity contribution >= 4 is 10.9 Å². The first-order valence-electron chi connectivity index (χ1n) is 3.96. The van der Waals surface area contributed by atoms with Crippen molar-refractivity contribution in [1.29, 1.82) is 0 Å². The zero-order valence-electron chi connectivity index (χ0n) is 6.87. The van der Waals surface area contributed by atoms with Crippen LogP contribution in [0.3, 0.4) is 0 Å². The van der Waals surface area contributed by atoms with Gasteiger partial charge in [-0.15, -0.1) is 0 Å². The third-order valence-corrected chi connectivity index (χ3v) is 1.70. The SMILES string of the molecule is CCOc1cc2cc[nH]c2cn1. The second-order valence-corrected chi connectivity index (χ2v) is 2.52. The number of nitrogens with zero attached hydrogens (tertiary/aromatic N) is 1. The summed E-state index contributed by atoms with van der Waals surface area (Å²) in [6, 6.07) is 3.93. The maximum atomic E-state index is 5.26. The number of hydrogen-bond acceptors (Lipinski definition) is 2. The summed E-state index contributed by atoms with van der Waals surface area (Å²) in [6.45, 7) is 2.60. The number of rotatable bonds is 2. The molecule has 0 aliphatic heterocycles. The summed E-state index contributed by atoms with van der Waals surface area (Å²) in [5.41, 5.74) is 1.04. The molecule has 0 bridgehead atoms. The van der Waals surface area contributed by atoms with E-state index >= 15 is 0 Å². The Bertz CT molecular complexity index is 381. The van der Waals surface area contributed by atoms with Gasteiger partial charge in [-0.05, 0) is 13.0 Å². The van der Waals surface area contributed by atoms with Crippen LogP contribution in [0.1, 0.15) is 6.92 Å². The number of H-pyrrole nitrogens is 1. The van der Waals surface area contributed by atoms with Gasteiger partial charge in [-0.1, -0.05) is 0 Å². The Labute approximate surface area is 70.4 Å². The van der Waals surface area contributed by atoms with Crippen LogP contribution in [0, 0.1) is 0 Å². The van der Waals surface area contributed by atoms with E-state index in [1.165, 1.54) is 0 Å². The predicted octanol–water partition coefficient (Wildman–Crippen LogP) is 1.96. The Morgan fingerprint density at radius 1 is 1.58 bits per heavy atom. The molecule has 1 N–H and O–H groups in total. The van der Waals surface area contributed by atoms with Crippen molar-refractivity contribution in [1.82, 2.24) is 9.97 Å². The molecule has 0 aliphatic rings. The summed E-state index contributed by atoms with van der Waals surface area (Å²) >= 11 is 0. The zero-order valence-corrected chi connectivity index (χ0v) is 6.87. The van der Waals surface area contributed by atoms with Gasteiger partial charge in [-0.2, -0.15) is 0 Å². The molecule has 0 saturated heterocycles. The molecule has 0 atom stereocenters. The molecule has 2 aromatic heterocycles. The summed E-state index contributed by atoms with van der Waals surface area (Å²) in [6.07, 6.45) is 3.67. The van der Waals surface area contributed by atoms with Gasteiger partial charge >= 0.3 is 0 Å². The Hall–Kier alpha value is -1.51. The van der Waals surface area contributed by atoms with Crippen LogP contribution in [-0.2, 0) is 0 Å². The van der Waals surface area contributed by atoms with Gasteiger partial charge in [-0.3, -0.25) is 0 Å². The van der Waals surface area contributed by atoms with Gasteiger partial charge in [-0.25, -0.2) is 4.98 Å². The molecule has 2 heterocycles.